The molecule has 1 aromatic rings. The lowest BCUT2D eigenvalue weighted by Gasteiger charge is -2.11. The van der Waals surface area contributed by atoms with E-state index in [0.717, 1.165) is 4.31 Å². The number of rotatable bonds is 8. The topological polar surface area (TPSA) is 114 Å². The van der Waals surface area contributed by atoms with Crippen LogP contribution in [-0.2, 0) is 30.4 Å². The maximum absolute atomic E-state index is 12.0. The number of sulfonamides is 1. The van der Waals surface area contributed by atoms with Crippen molar-refractivity contribution >= 4 is 25.8 Å². The molecule has 1 amide bonds. The Balaban J connectivity index is 2.80. The van der Waals surface area contributed by atoms with E-state index in [1.54, 1.807) is 6.92 Å². The van der Waals surface area contributed by atoms with Gasteiger partial charge in [0.15, 0.2) is 9.84 Å². The number of hydrogen-bond acceptors (Lipinski definition) is 6. The van der Waals surface area contributed by atoms with E-state index in [9.17, 15) is 21.6 Å². The van der Waals surface area contributed by atoms with Crippen molar-refractivity contribution in [1.82, 2.24) is 9.62 Å². The van der Waals surface area contributed by atoms with Gasteiger partial charge in [0, 0.05) is 20.1 Å². The molecule has 0 saturated carbocycles. The zero-order chi connectivity index (χ0) is 17.8. The zero-order valence-corrected chi connectivity index (χ0v) is 15.2. The molecular weight excluding hydrogens is 344 g/mol. The van der Waals surface area contributed by atoms with E-state index >= 15 is 0 Å². The molecule has 0 unspecified atom stereocenters. The van der Waals surface area contributed by atoms with Crippen molar-refractivity contribution in [3.8, 4) is 0 Å². The van der Waals surface area contributed by atoms with Gasteiger partial charge in [-0.05, 0) is 25.5 Å². The summed E-state index contributed by atoms with van der Waals surface area (Å²) < 4.78 is 53.8. The van der Waals surface area contributed by atoms with E-state index in [-0.39, 0.29) is 16.9 Å². The number of furan rings is 1. The van der Waals surface area contributed by atoms with Crippen LogP contribution in [0.25, 0.3) is 0 Å². The van der Waals surface area contributed by atoms with Gasteiger partial charge in [0.05, 0.1) is 0 Å². The molecule has 0 aromatic carbocycles. The Kier molecular flexibility index (Phi) is 6.37. The lowest BCUT2D eigenvalue weighted by atomic mass is 10.3. The fourth-order valence-corrected chi connectivity index (χ4v) is 3.63. The van der Waals surface area contributed by atoms with Crippen molar-refractivity contribution in [3.05, 3.63) is 17.9 Å². The molecule has 10 heteroatoms. The SMILES string of the molecule is CC[C@H](C)NC(=O)CS(=O)(=O)Cc1ccc(S(=O)(=O)N(C)C)o1. The standard InChI is InChI=1S/C13H22N2O6S2/c1-5-10(2)14-12(16)9-22(17,18)8-11-6-7-13(21-11)23(19,20)15(3)4/h6-7,10H,5,8-9H2,1-4H3,(H,14,16)/t10-/m0/s1. The van der Waals surface area contributed by atoms with Crippen molar-refractivity contribution in [2.75, 3.05) is 19.8 Å². The van der Waals surface area contributed by atoms with Gasteiger partial charge >= 0.3 is 0 Å². The summed E-state index contributed by atoms with van der Waals surface area (Å²) in [5.74, 6) is -1.83. The molecule has 0 spiro atoms. The maximum Gasteiger partial charge on any atom is 0.275 e. The fraction of sp³-hybridized carbons (Fsp3) is 0.615. The first-order valence-electron chi connectivity index (χ1n) is 6.99. The summed E-state index contributed by atoms with van der Waals surface area (Å²) in [5.41, 5.74) is 0. The lowest BCUT2D eigenvalue weighted by Crippen LogP contribution is -2.36. The van der Waals surface area contributed by atoms with Crippen LogP contribution in [0.4, 0.5) is 0 Å². The van der Waals surface area contributed by atoms with E-state index < -0.39 is 37.3 Å². The fourth-order valence-electron chi connectivity index (χ4n) is 1.64. The normalized spacial score (nSPS) is 14.0. The van der Waals surface area contributed by atoms with Crippen LogP contribution >= 0.6 is 0 Å². The third-order valence-electron chi connectivity index (χ3n) is 3.10. The molecule has 1 heterocycles. The van der Waals surface area contributed by atoms with Gasteiger partial charge in [-0.25, -0.2) is 21.1 Å². The van der Waals surface area contributed by atoms with Crippen molar-refractivity contribution in [2.24, 2.45) is 0 Å². The second-order valence-corrected chi connectivity index (χ2v) is 9.56. The largest absolute Gasteiger partial charge is 0.447 e. The second-order valence-electron chi connectivity index (χ2n) is 5.42. The minimum Gasteiger partial charge on any atom is -0.447 e. The van der Waals surface area contributed by atoms with Crippen LogP contribution in [0.1, 0.15) is 26.0 Å². The van der Waals surface area contributed by atoms with E-state index in [1.165, 1.54) is 26.2 Å². The Hall–Kier alpha value is -1.39. The molecule has 0 radical (unpaired) electrons. The summed E-state index contributed by atoms with van der Waals surface area (Å²) in [6.07, 6.45) is 0.690. The molecule has 1 atom stereocenters. The molecule has 1 aromatic heterocycles. The molecule has 132 valence electrons. The smallest absolute Gasteiger partial charge is 0.275 e. The molecule has 0 aliphatic heterocycles. The van der Waals surface area contributed by atoms with Gasteiger partial charge in [0.25, 0.3) is 10.0 Å². The Morgan fingerprint density at radius 2 is 1.87 bits per heavy atom. The van der Waals surface area contributed by atoms with Gasteiger partial charge in [0.1, 0.15) is 17.3 Å². The molecular formula is C13H22N2O6S2. The highest BCUT2D eigenvalue weighted by molar-refractivity contribution is 7.91. The molecule has 0 aliphatic rings. The number of nitrogens with zero attached hydrogens (tertiary/aromatic N) is 1. The van der Waals surface area contributed by atoms with Crippen molar-refractivity contribution in [3.63, 3.8) is 0 Å². The number of nitrogens with one attached hydrogen (secondary N) is 1. The Labute approximate surface area is 136 Å². The average Bonchev–Trinajstić information content (AvgIpc) is 2.85. The molecule has 0 aliphatic carbocycles. The van der Waals surface area contributed by atoms with Gasteiger partial charge in [-0.3, -0.25) is 4.79 Å². The lowest BCUT2D eigenvalue weighted by molar-refractivity contribution is -0.119. The number of amides is 1. The predicted octanol–water partition coefficient (Wildman–Crippen LogP) is 0.359. The molecule has 1 N–H and O–H groups in total. The molecule has 0 fully saturated rings. The first kappa shape index (κ1) is 19.7. The van der Waals surface area contributed by atoms with Gasteiger partial charge in [-0.2, -0.15) is 0 Å². The third kappa shape index (κ3) is 5.63. The molecule has 23 heavy (non-hydrogen) atoms. The van der Waals surface area contributed by atoms with Crippen molar-refractivity contribution in [2.45, 2.75) is 37.2 Å². The first-order valence-corrected chi connectivity index (χ1v) is 10.2. The minimum atomic E-state index is -3.76. The number of hydrogen-bond donors (Lipinski definition) is 1. The van der Waals surface area contributed by atoms with Crippen LogP contribution in [0.5, 0.6) is 0 Å². The van der Waals surface area contributed by atoms with Crippen LogP contribution < -0.4 is 5.32 Å². The summed E-state index contributed by atoms with van der Waals surface area (Å²) >= 11 is 0. The van der Waals surface area contributed by atoms with Crippen LogP contribution in [0, 0.1) is 0 Å². The summed E-state index contributed by atoms with van der Waals surface area (Å²) in [6.45, 7) is 3.64. The predicted molar refractivity (Wildman–Crippen MR) is 85.0 cm³/mol. The van der Waals surface area contributed by atoms with Crippen LogP contribution in [0.3, 0.4) is 0 Å². The molecule has 8 nitrogen and oxygen atoms in total. The highest BCUT2D eigenvalue weighted by Crippen LogP contribution is 2.18. The minimum absolute atomic E-state index is 0.0261. The van der Waals surface area contributed by atoms with Crippen molar-refractivity contribution in [1.29, 1.82) is 0 Å². The van der Waals surface area contributed by atoms with E-state index in [0.29, 0.717) is 6.42 Å². The molecule has 0 bridgehead atoms. The summed E-state index contributed by atoms with van der Waals surface area (Å²) in [7, 11) is -4.83. The zero-order valence-electron chi connectivity index (χ0n) is 13.6. The highest BCUT2D eigenvalue weighted by atomic mass is 32.2. The van der Waals surface area contributed by atoms with E-state index in [2.05, 4.69) is 5.32 Å². The summed E-state index contributed by atoms with van der Waals surface area (Å²) in [4.78, 5) is 11.6. The van der Waals surface area contributed by atoms with Crippen LogP contribution in [0.15, 0.2) is 21.6 Å². The van der Waals surface area contributed by atoms with Gasteiger partial charge in [0.2, 0.25) is 11.0 Å². The van der Waals surface area contributed by atoms with E-state index in [4.69, 9.17) is 4.42 Å². The average molecular weight is 366 g/mol. The quantitative estimate of drug-likeness (QED) is 0.710. The highest BCUT2D eigenvalue weighted by Gasteiger charge is 2.24. The van der Waals surface area contributed by atoms with Gasteiger partial charge in [-0.15, -0.1) is 0 Å². The van der Waals surface area contributed by atoms with Gasteiger partial charge in [-0.1, -0.05) is 6.92 Å². The number of carbonyl (C=O) groups excluding carboxylic acids is 1. The monoisotopic (exact) mass is 366 g/mol. The number of carbonyl (C=O) groups is 1. The number of sulfone groups is 1. The Bertz CT molecular complexity index is 749. The second kappa shape index (κ2) is 7.45. The molecule has 1 rings (SSSR count). The van der Waals surface area contributed by atoms with Crippen molar-refractivity contribution < 1.29 is 26.0 Å². The Morgan fingerprint density at radius 1 is 1.26 bits per heavy atom. The first-order chi connectivity index (χ1) is 10.5. The summed E-state index contributed by atoms with van der Waals surface area (Å²) in [6, 6.07) is 2.36. The summed E-state index contributed by atoms with van der Waals surface area (Å²) in [5, 5.41) is 2.23. The van der Waals surface area contributed by atoms with Crippen LogP contribution in [0.2, 0.25) is 0 Å². The van der Waals surface area contributed by atoms with Gasteiger partial charge < -0.3 is 9.73 Å². The Morgan fingerprint density at radius 3 is 2.39 bits per heavy atom. The maximum atomic E-state index is 12.0. The molecule has 0 saturated heterocycles. The third-order valence-corrected chi connectivity index (χ3v) is 6.22. The van der Waals surface area contributed by atoms with E-state index in [1.807, 2.05) is 6.92 Å². The van der Waals surface area contributed by atoms with Crippen LogP contribution in [-0.4, -0.2) is 52.9 Å².